The van der Waals surface area contributed by atoms with Crippen LogP contribution in [0.4, 0.5) is 0 Å². The summed E-state index contributed by atoms with van der Waals surface area (Å²) in [5.41, 5.74) is 2.94. The molecule has 4 nitrogen and oxygen atoms in total. The highest BCUT2D eigenvalue weighted by Crippen LogP contribution is 2.19. The molecule has 0 bridgehead atoms. The van der Waals surface area contributed by atoms with Crippen molar-refractivity contribution >= 4 is 29.9 Å². The second-order valence-electron chi connectivity index (χ2n) is 7.15. The number of fused-ring (bicyclic) bond motifs is 1. The van der Waals surface area contributed by atoms with E-state index >= 15 is 0 Å². The smallest absolute Gasteiger partial charge is 0.193 e. The molecule has 1 fully saturated rings. The maximum absolute atomic E-state index is 4.53. The summed E-state index contributed by atoms with van der Waals surface area (Å²) in [5.74, 6) is 1.85. The van der Waals surface area contributed by atoms with E-state index in [1.54, 1.807) is 0 Å². The number of benzene rings is 1. The van der Waals surface area contributed by atoms with Crippen molar-refractivity contribution in [2.75, 3.05) is 39.8 Å². The molecule has 1 aromatic rings. The van der Waals surface area contributed by atoms with Gasteiger partial charge >= 0.3 is 0 Å². The van der Waals surface area contributed by atoms with Crippen molar-refractivity contribution in [2.45, 2.75) is 39.2 Å². The number of guanidine groups is 1. The van der Waals surface area contributed by atoms with Gasteiger partial charge in [-0.25, -0.2) is 0 Å². The number of hydrogen-bond donors (Lipinski definition) is 1. The Hall–Kier alpha value is -0.820. The Kier molecular flexibility index (Phi) is 8.49. The molecule has 5 heteroatoms. The van der Waals surface area contributed by atoms with Crippen molar-refractivity contribution in [1.29, 1.82) is 0 Å². The lowest BCUT2D eigenvalue weighted by Gasteiger charge is -2.34. The van der Waals surface area contributed by atoms with Crippen LogP contribution in [0.1, 0.15) is 37.3 Å². The summed E-state index contributed by atoms with van der Waals surface area (Å²) >= 11 is 0. The van der Waals surface area contributed by atoms with Crippen LogP contribution in [0, 0.1) is 5.92 Å². The van der Waals surface area contributed by atoms with Gasteiger partial charge in [0, 0.05) is 26.7 Å². The molecule has 2 aliphatic rings. The van der Waals surface area contributed by atoms with Crippen LogP contribution in [0.2, 0.25) is 0 Å². The minimum absolute atomic E-state index is 0. The van der Waals surface area contributed by atoms with Gasteiger partial charge in [0.1, 0.15) is 0 Å². The summed E-state index contributed by atoms with van der Waals surface area (Å²) in [6.07, 6.45) is 5.01. The molecule has 0 atom stereocenters. The van der Waals surface area contributed by atoms with Crippen LogP contribution >= 0.6 is 24.0 Å². The third-order valence-electron chi connectivity index (χ3n) is 5.44. The standard InChI is InChI=1S/C20H32N4.HI/c1-3-11-23-12-8-17(9-13-23)15-22-20(21-2)24-14-10-18-6-4-5-7-19(18)16-24;/h4-7,17H,3,8-16H2,1-2H3,(H,21,22);1H. The fraction of sp³-hybridized carbons (Fsp3) is 0.650. The van der Waals surface area contributed by atoms with E-state index in [-0.39, 0.29) is 24.0 Å². The van der Waals surface area contributed by atoms with E-state index in [1.807, 2.05) is 7.05 Å². The lowest BCUT2D eigenvalue weighted by molar-refractivity contribution is 0.184. The Labute approximate surface area is 170 Å². The lowest BCUT2D eigenvalue weighted by atomic mass is 9.96. The number of rotatable bonds is 4. The first-order chi connectivity index (χ1) is 11.8. The van der Waals surface area contributed by atoms with Gasteiger partial charge in [-0.05, 0) is 62.4 Å². The zero-order valence-electron chi connectivity index (χ0n) is 15.7. The molecule has 0 aromatic heterocycles. The maximum atomic E-state index is 4.53. The summed E-state index contributed by atoms with van der Waals surface area (Å²) in [4.78, 5) is 9.54. The van der Waals surface area contributed by atoms with E-state index in [0.29, 0.717) is 0 Å². The number of halogens is 1. The Morgan fingerprint density at radius 2 is 1.88 bits per heavy atom. The third kappa shape index (κ3) is 5.58. The number of likely N-dealkylation sites (tertiary alicyclic amines) is 1. The second-order valence-corrected chi connectivity index (χ2v) is 7.15. The molecule has 25 heavy (non-hydrogen) atoms. The summed E-state index contributed by atoms with van der Waals surface area (Å²) in [6, 6.07) is 8.79. The van der Waals surface area contributed by atoms with Crippen LogP contribution in [-0.4, -0.2) is 55.5 Å². The van der Waals surface area contributed by atoms with Gasteiger partial charge in [0.15, 0.2) is 5.96 Å². The maximum Gasteiger partial charge on any atom is 0.193 e. The van der Waals surface area contributed by atoms with Gasteiger partial charge in [-0.15, -0.1) is 24.0 Å². The summed E-state index contributed by atoms with van der Waals surface area (Å²) in [5, 5.41) is 3.64. The molecule has 0 radical (unpaired) electrons. The first-order valence-corrected chi connectivity index (χ1v) is 9.55. The normalized spacial score (nSPS) is 19.3. The van der Waals surface area contributed by atoms with Crippen LogP contribution in [0.5, 0.6) is 0 Å². The summed E-state index contributed by atoms with van der Waals surface area (Å²) in [7, 11) is 1.91. The van der Waals surface area contributed by atoms with Crippen molar-refractivity contribution in [3.63, 3.8) is 0 Å². The largest absolute Gasteiger partial charge is 0.356 e. The Morgan fingerprint density at radius 3 is 2.56 bits per heavy atom. The molecule has 2 heterocycles. The number of nitrogens with zero attached hydrogens (tertiary/aromatic N) is 3. The minimum Gasteiger partial charge on any atom is -0.356 e. The van der Waals surface area contributed by atoms with Crippen molar-refractivity contribution in [3.05, 3.63) is 35.4 Å². The summed E-state index contributed by atoms with van der Waals surface area (Å²) < 4.78 is 0. The molecule has 1 N–H and O–H groups in total. The van der Waals surface area contributed by atoms with Gasteiger partial charge in [-0.3, -0.25) is 4.99 Å². The van der Waals surface area contributed by atoms with Crippen LogP contribution in [0.25, 0.3) is 0 Å². The predicted molar refractivity (Wildman–Crippen MR) is 117 cm³/mol. The van der Waals surface area contributed by atoms with Crippen LogP contribution in [-0.2, 0) is 13.0 Å². The van der Waals surface area contributed by atoms with E-state index < -0.39 is 0 Å². The second kappa shape index (κ2) is 10.4. The first-order valence-electron chi connectivity index (χ1n) is 9.55. The number of aliphatic imine (C=N–C) groups is 1. The highest BCUT2D eigenvalue weighted by molar-refractivity contribution is 14.0. The number of hydrogen-bond acceptors (Lipinski definition) is 2. The Morgan fingerprint density at radius 1 is 1.16 bits per heavy atom. The molecule has 1 aromatic carbocycles. The SMILES string of the molecule is CCCN1CCC(CNC(=NC)N2CCc3ccccc3C2)CC1.I. The molecule has 2 aliphatic heterocycles. The molecule has 1 saturated heterocycles. The van der Waals surface area contributed by atoms with Gasteiger partial charge in [0.2, 0.25) is 0 Å². The molecular weight excluding hydrogens is 423 g/mol. The van der Waals surface area contributed by atoms with Crippen molar-refractivity contribution < 1.29 is 0 Å². The van der Waals surface area contributed by atoms with E-state index in [1.165, 1.54) is 50.0 Å². The first kappa shape index (κ1) is 20.5. The predicted octanol–water partition coefficient (Wildman–Crippen LogP) is 3.36. The van der Waals surface area contributed by atoms with Gasteiger partial charge in [-0.1, -0.05) is 31.2 Å². The Bertz CT molecular complexity index is 552. The molecule has 140 valence electrons. The van der Waals surface area contributed by atoms with Gasteiger partial charge < -0.3 is 15.1 Å². The molecule has 3 rings (SSSR count). The average Bonchev–Trinajstić information content (AvgIpc) is 2.64. The monoisotopic (exact) mass is 456 g/mol. The number of nitrogens with one attached hydrogen (secondary N) is 1. The summed E-state index contributed by atoms with van der Waals surface area (Å²) in [6.45, 7) is 9.15. The number of piperidine rings is 1. The van der Waals surface area contributed by atoms with Crippen LogP contribution in [0.15, 0.2) is 29.3 Å². The van der Waals surface area contributed by atoms with Gasteiger partial charge in [-0.2, -0.15) is 0 Å². The zero-order valence-corrected chi connectivity index (χ0v) is 18.0. The molecule has 0 amide bonds. The minimum atomic E-state index is 0. The highest BCUT2D eigenvalue weighted by atomic mass is 127. The Balaban J connectivity index is 0.00000225. The molecule has 0 aliphatic carbocycles. The van der Waals surface area contributed by atoms with Gasteiger partial charge in [0.25, 0.3) is 0 Å². The van der Waals surface area contributed by atoms with Crippen molar-refractivity contribution in [3.8, 4) is 0 Å². The fourth-order valence-electron chi connectivity index (χ4n) is 3.97. The quantitative estimate of drug-likeness (QED) is 0.428. The third-order valence-corrected chi connectivity index (χ3v) is 5.44. The average molecular weight is 456 g/mol. The van der Waals surface area contributed by atoms with Crippen LogP contribution in [0.3, 0.4) is 0 Å². The van der Waals surface area contributed by atoms with Crippen molar-refractivity contribution in [2.24, 2.45) is 10.9 Å². The van der Waals surface area contributed by atoms with Gasteiger partial charge in [0.05, 0.1) is 0 Å². The van der Waals surface area contributed by atoms with E-state index in [4.69, 9.17) is 0 Å². The van der Waals surface area contributed by atoms with E-state index in [0.717, 1.165) is 37.9 Å². The van der Waals surface area contributed by atoms with Crippen LogP contribution < -0.4 is 5.32 Å². The topological polar surface area (TPSA) is 30.9 Å². The lowest BCUT2D eigenvalue weighted by Crippen LogP contribution is -2.46. The highest BCUT2D eigenvalue weighted by Gasteiger charge is 2.21. The fourth-order valence-corrected chi connectivity index (χ4v) is 3.97. The zero-order chi connectivity index (χ0) is 16.8. The molecule has 0 unspecified atom stereocenters. The molecule has 0 spiro atoms. The van der Waals surface area contributed by atoms with E-state index in [2.05, 4.69) is 51.3 Å². The van der Waals surface area contributed by atoms with E-state index in [9.17, 15) is 0 Å². The molecular formula is C20H33IN4. The molecule has 0 saturated carbocycles. The van der Waals surface area contributed by atoms with Crippen molar-refractivity contribution in [1.82, 2.24) is 15.1 Å².